The fraction of sp³-hybridized carbons (Fsp3) is 0.625. The minimum atomic E-state index is 0.143. The first-order valence-electron chi connectivity index (χ1n) is 8.00. The van der Waals surface area contributed by atoms with E-state index in [-0.39, 0.29) is 5.91 Å². The quantitative estimate of drug-likeness (QED) is 0.836. The molecule has 6 heteroatoms. The second-order valence-electron chi connectivity index (χ2n) is 5.68. The van der Waals surface area contributed by atoms with Gasteiger partial charge in [0.1, 0.15) is 5.82 Å². The Hall–Kier alpha value is -1.14. The Morgan fingerprint density at radius 3 is 2.50 bits per heavy atom. The third-order valence-corrected chi connectivity index (χ3v) is 4.60. The lowest BCUT2D eigenvalue weighted by molar-refractivity contribution is -0.123. The van der Waals surface area contributed by atoms with Gasteiger partial charge >= 0.3 is 0 Å². The summed E-state index contributed by atoms with van der Waals surface area (Å²) in [6.07, 6.45) is 3.81. The average Bonchev–Trinajstić information content (AvgIpc) is 2.54. The van der Waals surface area contributed by atoms with Gasteiger partial charge in [-0.1, -0.05) is 13.8 Å². The normalized spacial score (nSPS) is 16.1. The molecule has 1 aromatic rings. The molecule has 22 heavy (non-hydrogen) atoms. The van der Waals surface area contributed by atoms with Gasteiger partial charge in [0.2, 0.25) is 5.91 Å². The van der Waals surface area contributed by atoms with Crippen LogP contribution in [0.25, 0.3) is 0 Å². The van der Waals surface area contributed by atoms with Gasteiger partial charge in [-0.3, -0.25) is 9.69 Å². The van der Waals surface area contributed by atoms with Gasteiger partial charge in [0, 0.05) is 42.9 Å². The highest BCUT2D eigenvalue weighted by molar-refractivity contribution is 9.10. The van der Waals surface area contributed by atoms with Crippen LogP contribution in [0, 0.1) is 0 Å². The Kier molecular flexibility index (Phi) is 6.64. The number of piperazine rings is 1. The van der Waals surface area contributed by atoms with Crippen LogP contribution in [0.5, 0.6) is 0 Å². The molecule has 122 valence electrons. The molecule has 0 unspecified atom stereocenters. The summed E-state index contributed by atoms with van der Waals surface area (Å²) in [7, 11) is 0. The summed E-state index contributed by atoms with van der Waals surface area (Å²) in [6, 6.07) is 4.35. The number of amides is 1. The van der Waals surface area contributed by atoms with Crippen molar-refractivity contribution < 1.29 is 4.79 Å². The molecule has 1 fully saturated rings. The monoisotopic (exact) mass is 368 g/mol. The number of halogens is 1. The number of pyridine rings is 1. The second kappa shape index (κ2) is 8.48. The number of carbonyl (C=O) groups excluding carboxylic acids is 1. The van der Waals surface area contributed by atoms with Crippen LogP contribution in [-0.2, 0) is 4.79 Å². The van der Waals surface area contributed by atoms with Crippen LogP contribution in [0.2, 0.25) is 0 Å². The van der Waals surface area contributed by atoms with Crippen LogP contribution >= 0.6 is 15.9 Å². The van der Waals surface area contributed by atoms with Gasteiger partial charge in [0.05, 0.1) is 6.54 Å². The third-order valence-electron chi connectivity index (χ3n) is 4.13. The average molecular weight is 369 g/mol. The molecule has 0 aromatic carbocycles. The lowest BCUT2D eigenvalue weighted by atomic mass is 10.2. The van der Waals surface area contributed by atoms with E-state index in [0.717, 1.165) is 49.3 Å². The number of carbonyl (C=O) groups is 1. The second-order valence-corrected chi connectivity index (χ2v) is 6.59. The number of aromatic nitrogens is 1. The highest BCUT2D eigenvalue weighted by atomic mass is 79.9. The maximum absolute atomic E-state index is 12.0. The van der Waals surface area contributed by atoms with Gasteiger partial charge < -0.3 is 10.2 Å². The molecule has 5 nitrogen and oxygen atoms in total. The first-order valence-corrected chi connectivity index (χ1v) is 8.79. The molecule has 0 saturated carbocycles. The molecule has 1 amide bonds. The SMILES string of the molecule is CCC(CC)NC(=O)CN1CCN(c2ccc(Br)cn2)CC1. The van der Waals surface area contributed by atoms with Gasteiger partial charge in [0.25, 0.3) is 0 Å². The first kappa shape index (κ1) is 17.2. The van der Waals surface area contributed by atoms with Crippen LogP contribution in [0.4, 0.5) is 5.82 Å². The number of anilines is 1. The van der Waals surface area contributed by atoms with E-state index in [1.165, 1.54) is 0 Å². The molecular weight excluding hydrogens is 344 g/mol. The van der Waals surface area contributed by atoms with Crippen LogP contribution in [0.1, 0.15) is 26.7 Å². The van der Waals surface area contributed by atoms with Crippen molar-refractivity contribution in [1.29, 1.82) is 0 Å². The largest absolute Gasteiger partial charge is 0.354 e. The summed E-state index contributed by atoms with van der Waals surface area (Å²) in [5, 5.41) is 3.10. The van der Waals surface area contributed by atoms with E-state index in [1.807, 2.05) is 18.3 Å². The fourth-order valence-corrected chi connectivity index (χ4v) is 2.89. The van der Waals surface area contributed by atoms with Crippen LogP contribution in [-0.4, -0.2) is 54.6 Å². The third kappa shape index (κ3) is 4.95. The minimum Gasteiger partial charge on any atom is -0.354 e. The molecule has 1 saturated heterocycles. The first-order chi connectivity index (χ1) is 10.6. The lowest BCUT2D eigenvalue weighted by Crippen LogP contribution is -2.50. The minimum absolute atomic E-state index is 0.143. The van der Waals surface area contributed by atoms with Crippen molar-refractivity contribution >= 4 is 27.7 Å². The highest BCUT2D eigenvalue weighted by Gasteiger charge is 2.20. The molecule has 2 heterocycles. The number of hydrogen-bond donors (Lipinski definition) is 1. The number of rotatable bonds is 6. The van der Waals surface area contributed by atoms with Crippen molar-refractivity contribution in [3.8, 4) is 0 Å². The smallest absolute Gasteiger partial charge is 0.234 e. The summed E-state index contributed by atoms with van der Waals surface area (Å²) >= 11 is 3.40. The predicted octanol–water partition coefficient (Wildman–Crippen LogP) is 2.27. The van der Waals surface area contributed by atoms with Gasteiger partial charge in [0.15, 0.2) is 0 Å². The van der Waals surface area contributed by atoms with E-state index >= 15 is 0 Å². The number of nitrogens with zero attached hydrogens (tertiary/aromatic N) is 3. The Labute approximate surface area is 141 Å². The van der Waals surface area contributed by atoms with Crippen molar-refractivity contribution in [3.63, 3.8) is 0 Å². The van der Waals surface area contributed by atoms with Crippen molar-refractivity contribution in [2.45, 2.75) is 32.7 Å². The van der Waals surface area contributed by atoms with Gasteiger partial charge in [-0.2, -0.15) is 0 Å². The van der Waals surface area contributed by atoms with Crippen LogP contribution in [0.3, 0.4) is 0 Å². The molecule has 2 rings (SSSR count). The maximum atomic E-state index is 12.0. The Balaban J connectivity index is 1.77. The lowest BCUT2D eigenvalue weighted by Gasteiger charge is -2.35. The molecule has 0 bridgehead atoms. The summed E-state index contributed by atoms with van der Waals surface area (Å²) in [6.45, 7) is 8.33. The topological polar surface area (TPSA) is 48.5 Å². The fourth-order valence-electron chi connectivity index (χ4n) is 2.66. The van der Waals surface area contributed by atoms with Gasteiger partial charge in [-0.05, 0) is 40.9 Å². The van der Waals surface area contributed by atoms with E-state index in [2.05, 4.69) is 49.9 Å². The van der Waals surface area contributed by atoms with Gasteiger partial charge in [-0.25, -0.2) is 4.98 Å². The Bertz CT molecular complexity index is 468. The van der Waals surface area contributed by atoms with E-state index in [1.54, 1.807) is 0 Å². The molecule has 1 aliphatic heterocycles. The zero-order valence-corrected chi connectivity index (χ0v) is 15.0. The standard InChI is InChI=1S/C16H25BrN4O/c1-3-14(4-2)19-16(22)12-20-7-9-21(10-8-20)15-6-5-13(17)11-18-15/h5-6,11,14H,3-4,7-10,12H2,1-2H3,(H,19,22). The summed E-state index contributed by atoms with van der Waals surface area (Å²) in [5.41, 5.74) is 0. The molecule has 1 N–H and O–H groups in total. The summed E-state index contributed by atoms with van der Waals surface area (Å²) in [5.74, 6) is 1.15. The highest BCUT2D eigenvalue weighted by Crippen LogP contribution is 2.16. The molecule has 0 radical (unpaired) electrons. The van der Waals surface area contributed by atoms with E-state index in [4.69, 9.17) is 0 Å². The summed E-state index contributed by atoms with van der Waals surface area (Å²) in [4.78, 5) is 21.0. The molecule has 1 aliphatic rings. The molecule has 1 aromatic heterocycles. The van der Waals surface area contributed by atoms with Crippen molar-refractivity contribution in [2.75, 3.05) is 37.6 Å². The summed E-state index contributed by atoms with van der Waals surface area (Å²) < 4.78 is 0.993. The van der Waals surface area contributed by atoms with Crippen molar-refractivity contribution in [1.82, 2.24) is 15.2 Å². The van der Waals surface area contributed by atoms with Crippen LogP contribution < -0.4 is 10.2 Å². The zero-order valence-electron chi connectivity index (χ0n) is 13.4. The molecule has 0 aliphatic carbocycles. The van der Waals surface area contributed by atoms with E-state index in [9.17, 15) is 4.79 Å². The molecule has 0 spiro atoms. The van der Waals surface area contributed by atoms with E-state index in [0.29, 0.717) is 12.6 Å². The Morgan fingerprint density at radius 1 is 1.27 bits per heavy atom. The number of hydrogen-bond acceptors (Lipinski definition) is 4. The maximum Gasteiger partial charge on any atom is 0.234 e. The van der Waals surface area contributed by atoms with Crippen molar-refractivity contribution in [3.05, 3.63) is 22.8 Å². The predicted molar refractivity (Wildman–Crippen MR) is 93.1 cm³/mol. The van der Waals surface area contributed by atoms with Crippen LogP contribution in [0.15, 0.2) is 22.8 Å². The molecular formula is C16H25BrN4O. The van der Waals surface area contributed by atoms with Crippen molar-refractivity contribution in [2.24, 2.45) is 0 Å². The van der Waals surface area contributed by atoms with Gasteiger partial charge in [-0.15, -0.1) is 0 Å². The molecule has 0 atom stereocenters. The Morgan fingerprint density at radius 2 is 1.95 bits per heavy atom. The zero-order chi connectivity index (χ0) is 15.9. The number of nitrogens with one attached hydrogen (secondary N) is 1. The van der Waals surface area contributed by atoms with E-state index < -0.39 is 0 Å².